The van der Waals surface area contributed by atoms with Gasteiger partial charge in [0.15, 0.2) is 0 Å². The number of benzene rings is 1. The zero-order valence-electron chi connectivity index (χ0n) is 7.46. The quantitative estimate of drug-likeness (QED) is 0.622. The molecular formula is C10H14N2. The lowest BCUT2D eigenvalue weighted by molar-refractivity contribution is 1.53. The highest BCUT2D eigenvalue weighted by Crippen LogP contribution is 2.23. The van der Waals surface area contributed by atoms with Crippen LogP contribution < -0.4 is 11.5 Å². The van der Waals surface area contributed by atoms with Crippen LogP contribution in [0, 0.1) is 0 Å². The Bertz CT molecular complexity index is 314. The summed E-state index contributed by atoms with van der Waals surface area (Å²) < 4.78 is 0. The molecule has 0 saturated carbocycles. The van der Waals surface area contributed by atoms with E-state index in [0.29, 0.717) is 0 Å². The average molecular weight is 162 g/mol. The summed E-state index contributed by atoms with van der Waals surface area (Å²) >= 11 is 0. The van der Waals surface area contributed by atoms with Gasteiger partial charge < -0.3 is 11.5 Å². The smallest absolute Gasteiger partial charge is 0.0391 e. The molecule has 1 aromatic carbocycles. The number of nitrogen functional groups attached to an aromatic ring is 2. The minimum atomic E-state index is 0.750. The fourth-order valence-corrected chi connectivity index (χ4v) is 1.07. The van der Waals surface area contributed by atoms with Crippen molar-refractivity contribution in [1.29, 1.82) is 0 Å². The van der Waals surface area contributed by atoms with Crippen LogP contribution in [0.5, 0.6) is 0 Å². The van der Waals surface area contributed by atoms with Crippen molar-refractivity contribution in [3.8, 4) is 0 Å². The molecule has 0 atom stereocenters. The van der Waals surface area contributed by atoms with Crippen LogP contribution in [0.4, 0.5) is 11.4 Å². The Hall–Kier alpha value is -1.44. The van der Waals surface area contributed by atoms with Crippen molar-refractivity contribution < 1.29 is 0 Å². The molecule has 12 heavy (non-hydrogen) atoms. The molecule has 0 bridgehead atoms. The van der Waals surface area contributed by atoms with E-state index in [-0.39, 0.29) is 0 Å². The largest absolute Gasteiger partial charge is 0.399 e. The van der Waals surface area contributed by atoms with E-state index in [1.54, 1.807) is 0 Å². The van der Waals surface area contributed by atoms with E-state index in [1.807, 2.05) is 38.1 Å². The Morgan fingerprint density at radius 1 is 1.33 bits per heavy atom. The molecule has 0 fully saturated rings. The van der Waals surface area contributed by atoms with Gasteiger partial charge in [-0.2, -0.15) is 0 Å². The van der Waals surface area contributed by atoms with Crippen molar-refractivity contribution in [1.82, 2.24) is 0 Å². The van der Waals surface area contributed by atoms with Gasteiger partial charge in [0.2, 0.25) is 0 Å². The third-order valence-electron chi connectivity index (χ3n) is 1.94. The van der Waals surface area contributed by atoms with Crippen LogP contribution in [-0.2, 0) is 0 Å². The molecule has 0 radical (unpaired) electrons. The Labute approximate surface area is 72.9 Å². The van der Waals surface area contributed by atoms with Crippen LogP contribution in [-0.4, -0.2) is 0 Å². The van der Waals surface area contributed by atoms with E-state index < -0.39 is 0 Å². The molecule has 0 spiro atoms. The first-order valence-corrected chi connectivity index (χ1v) is 3.93. The summed E-state index contributed by atoms with van der Waals surface area (Å²) in [7, 11) is 0. The molecule has 0 aliphatic carbocycles. The van der Waals surface area contributed by atoms with E-state index >= 15 is 0 Å². The van der Waals surface area contributed by atoms with Gasteiger partial charge in [-0.15, -0.1) is 0 Å². The van der Waals surface area contributed by atoms with E-state index in [1.165, 1.54) is 0 Å². The van der Waals surface area contributed by atoms with Gasteiger partial charge in [0.25, 0.3) is 0 Å². The highest BCUT2D eigenvalue weighted by molar-refractivity contribution is 5.76. The summed E-state index contributed by atoms with van der Waals surface area (Å²) in [4.78, 5) is 0. The van der Waals surface area contributed by atoms with Crippen molar-refractivity contribution in [3.05, 3.63) is 29.8 Å². The summed E-state index contributed by atoms with van der Waals surface area (Å²) in [5.41, 5.74) is 15.1. The lowest BCUT2D eigenvalue weighted by Gasteiger charge is -2.06. The summed E-state index contributed by atoms with van der Waals surface area (Å²) in [6, 6.07) is 5.53. The lowest BCUT2D eigenvalue weighted by atomic mass is 10.0. The fraction of sp³-hybridized carbons (Fsp3) is 0.200. The average Bonchev–Trinajstić information content (AvgIpc) is 2.08. The number of nitrogens with two attached hydrogens (primary N) is 2. The molecule has 0 amide bonds. The van der Waals surface area contributed by atoms with Crippen LogP contribution in [0.15, 0.2) is 24.3 Å². The van der Waals surface area contributed by atoms with Crippen molar-refractivity contribution in [3.63, 3.8) is 0 Å². The Kier molecular flexibility index (Phi) is 2.38. The topological polar surface area (TPSA) is 52.0 Å². The van der Waals surface area contributed by atoms with Crippen LogP contribution >= 0.6 is 0 Å². The highest BCUT2D eigenvalue weighted by Gasteiger charge is 1.99. The maximum Gasteiger partial charge on any atom is 0.0391 e. The van der Waals surface area contributed by atoms with E-state index in [9.17, 15) is 0 Å². The Balaban J connectivity index is 3.23. The maximum atomic E-state index is 5.77. The van der Waals surface area contributed by atoms with Crippen LogP contribution in [0.2, 0.25) is 0 Å². The van der Waals surface area contributed by atoms with Gasteiger partial charge in [-0.1, -0.05) is 6.08 Å². The lowest BCUT2D eigenvalue weighted by Crippen LogP contribution is -1.94. The van der Waals surface area contributed by atoms with Gasteiger partial charge in [-0.3, -0.25) is 0 Å². The second-order valence-corrected chi connectivity index (χ2v) is 2.82. The van der Waals surface area contributed by atoms with Crippen LogP contribution in [0.25, 0.3) is 5.57 Å². The number of anilines is 2. The number of hydrogen-bond donors (Lipinski definition) is 2. The molecular weight excluding hydrogens is 148 g/mol. The van der Waals surface area contributed by atoms with Gasteiger partial charge in [0.05, 0.1) is 0 Å². The zero-order valence-corrected chi connectivity index (χ0v) is 7.46. The van der Waals surface area contributed by atoms with Crippen LogP contribution in [0.1, 0.15) is 19.4 Å². The summed E-state index contributed by atoms with van der Waals surface area (Å²) in [5.74, 6) is 0. The van der Waals surface area contributed by atoms with Gasteiger partial charge in [-0.25, -0.2) is 0 Å². The first-order chi connectivity index (χ1) is 5.65. The molecule has 0 saturated heterocycles. The van der Waals surface area contributed by atoms with Gasteiger partial charge >= 0.3 is 0 Å². The second-order valence-electron chi connectivity index (χ2n) is 2.82. The Morgan fingerprint density at radius 3 is 2.58 bits per heavy atom. The summed E-state index contributed by atoms with van der Waals surface area (Å²) in [6.45, 7) is 4.00. The standard InChI is InChI=1S/C10H14N2/c1-3-7(2)9-6-8(11)4-5-10(9)12/h3-6H,11-12H2,1-2H3/b7-3-. The molecule has 0 aliphatic rings. The molecule has 0 unspecified atom stereocenters. The molecule has 0 aliphatic heterocycles. The molecule has 2 nitrogen and oxygen atoms in total. The van der Waals surface area contributed by atoms with Crippen LogP contribution in [0.3, 0.4) is 0 Å². The van der Waals surface area contributed by atoms with Gasteiger partial charge in [-0.05, 0) is 37.6 Å². The second kappa shape index (κ2) is 3.30. The molecule has 1 rings (SSSR count). The molecule has 0 heterocycles. The number of hydrogen-bond acceptors (Lipinski definition) is 2. The highest BCUT2D eigenvalue weighted by atomic mass is 14.6. The zero-order chi connectivity index (χ0) is 9.14. The maximum absolute atomic E-state index is 5.77. The predicted octanol–water partition coefficient (Wildman–Crippen LogP) is 2.27. The van der Waals surface area contributed by atoms with Gasteiger partial charge in [0.1, 0.15) is 0 Å². The first-order valence-electron chi connectivity index (χ1n) is 3.93. The normalized spacial score (nSPS) is 11.7. The molecule has 2 heteroatoms. The Morgan fingerprint density at radius 2 is 2.00 bits per heavy atom. The van der Waals surface area contributed by atoms with E-state index in [2.05, 4.69) is 0 Å². The van der Waals surface area contributed by atoms with Crippen molar-refractivity contribution in [2.45, 2.75) is 13.8 Å². The van der Waals surface area contributed by atoms with Crippen molar-refractivity contribution in [2.24, 2.45) is 0 Å². The van der Waals surface area contributed by atoms with Crippen molar-refractivity contribution >= 4 is 16.9 Å². The summed E-state index contributed by atoms with van der Waals surface area (Å²) in [5, 5.41) is 0. The third kappa shape index (κ3) is 1.59. The predicted molar refractivity (Wildman–Crippen MR) is 54.6 cm³/mol. The minimum absolute atomic E-state index is 0.750. The summed E-state index contributed by atoms with van der Waals surface area (Å²) in [6.07, 6.45) is 2.02. The minimum Gasteiger partial charge on any atom is -0.399 e. The van der Waals surface area contributed by atoms with E-state index in [0.717, 1.165) is 22.5 Å². The molecule has 64 valence electrons. The number of rotatable bonds is 1. The molecule has 0 aromatic heterocycles. The first kappa shape index (κ1) is 8.65. The SMILES string of the molecule is C/C=C(/C)c1cc(N)ccc1N. The van der Waals surface area contributed by atoms with E-state index in [4.69, 9.17) is 11.5 Å². The van der Waals surface area contributed by atoms with Gasteiger partial charge in [0, 0.05) is 16.9 Å². The monoisotopic (exact) mass is 162 g/mol. The molecule has 1 aromatic rings. The molecule has 4 N–H and O–H groups in total. The fourth-order valence-electron chi connectivity index (χ4n) is 1.07. The van der Waals surface area contributed by atoms with Crippen molar-refractivity contribution in [2.75, 3.05) is 11.5 Å². The number of allylic oxidation sites excluding steroid dienone is 2. The third-order valence-corrected chi connectivity index (χ3v) is 1.94.